The summed E-state index contributed by atoms with van der Waals surface area (Å²) in [6.07, 6.45) is 2.05. The van der Waals surface area contributed by atoms with Crippen LogP contribution in [-0.2, 0) is 6.54 Å². The summed E-state index contributed by atoms with van der Waals surface area (Å²) in [4.78, 5) is 1.17. The minimum Gasteiger partial charge on any atom is -0.495 e. The molecule has 0 amide bonds. The molecule has 1 heterocycles. The van der Waals surface area contributed by atoms with Gasteiger partial charge in [0.25, 0.3) is 0 Å². The van der Waals surface area contributed by atoms with Crippen LogP contribution in [0.2, 0.25) is 0 Å². The van der Waals surface area contributed by atoms with E-state index in [1.807, 2.05) is 30.5 Å². The topological polar surface area (TPSA) is 52.2 Å². The number of anilines is 2. The highest BCUT2D eigenvalue weighted by molar-refractivity contribution is 7.98. The third-order valence-corrected chi connectivity index (χ3v) is 5.01. The predicted octanol–water partition coefficient (Wildman–Crippen LogP) is 4.44. The zero-order valence-corrected chi connectivity index (χ0v) is 16.1. The smallest absolute Gasteiger partial charge is 0.143 e. The normalized spacial score (nSPS) is 10.4. The van der Waals surface area contributed by atoms with Gasteiger partial charge in [-0.25, -0.2) is 0 Å². The van der Waals surface area contributed by atoms with Crippen molar-refractivity contribution in [3.8, 4) is 17.6 Å². The lowest BCUT2D eigenvalue weighted by Crippen LogP contribution is -2.02. The molecule has 0 radical (unpaired) electrons. The summed E-state index contributed by atoms with van der Waals surface area (Å²) >= 11 is 1.69. The van der Waals surface area contributed by atoms with Gasteiger partial charge in [0.2, 0.25) is 0 Å². The van der Waals surface area contributed by atoms with Gasteiger partial charge in [0, 0.05) is 22.5 Å². The molecule has 0 atom stereocenters. The summed E-state index contributed by atoms with van der Waals surface area (Å²) in [6, 6.07) is 14.2. The van der Waals surface area contributed by atoms with Gasteiger partial charge in [-0.05, 0) is 55.5 Å². The average molecular weight is 366 g/mol. The van der Waals surface area contributed by atoms with Crippen LogP contribution < -0.4 is 15.8 Å². The zero-order valence-electron chi connectivity index (χ0n) is 15.3. The van der Waals surface area contributed by atoms with Gasteiger partial charge >= 0.3 is 0 Å². The zero-order chi connectivity index (χ0) is 18.5. The summed E-state index contributed by atoms with van der Waals surface area (Å²) in [6.45, 7) is 3.51. The van der Waals surface area contributed by atoms with E-state index < -0.39 is 0 Å². The second-order valence-electron chi connectivity index (χ2n) is 5.78. The van der Waals surface area contributed by atoms with Crippen molar-refractivity contribution >= 4 is 34.0 Å². The first-order valence-electron chi connectivity index (χ1n) is 8.50. The SMILES string of the molecule is CCn1c(C#CCNc2ccc(SC)cc2OC)cc2c(N)cccc21. The average Bonchev–Trinajstić information content (AvgIpc) is 3.04. The summed E-state index contributed by atoms with van der Waals surface area (Å²) in [5, 5.41) is 4.38. The Morgan fingerprint density at radius 1 is 1.23 bits per heavy atom. The van der Waals surface area contributed by atoms with Gasteiger partial charge in [-0.2, -0.15) is 0 Å². The Labute approximate surface area is 158 Å². The Morgan fingerprint density at radius 3 is 2.81 bits per heavy atom. The maximum absolute atomic E-state index is 6.09. The van der Waals surface area contributed by atoms with E-state index in [-0.39, 0.29) is 0 Å². The van der Waals surface area contributed by atoms with E-state index >= 15 is 0 Å². The summed E-state index contributed by atoms with van der Waals surface area (Å²) in [5.41, 5.74) is 9.92. The Bertz CT molecular complexity index is 982. The van der Waals surface area contributed by atoms with Crippen LogP contribution in [-0.4, -0.2) is 24.5 Å². The molecular weight excluding hydrogens is 342 g/mol. The van der Waals surface area contributed by atoms with Crippen LogP contribution in [0.15, 0.2) is 47.4 Å². The number of methoxy groups -OCH3 is 1. The van der Waals surface area contributed by atoms with Gasteiger partial charge in [-0.15, -0.1) is 11.8 Å². The van der Waals surface area contributed by atoms with Gasteiger partial charge < -0.3 is 20.4 Å². The lowest BCUT2D eigenvalue weighted by atomic mass is 10.2. The monoisotopic (exact) mass is 365 g/mol. The number of thioether (sulfide) groups is 1. The number of nitrogens with two attached hydrogens (primary N) is 1. The van der Waals surface area contributed by atoms with Crippen molar-refractivity contribution in [2.75, 3.05) is 31.0 Å². The van der Waals surface area contributed by atoms with E-state index in [0.717, 1.165) is 40.3 Å². The second kappa shape index (κ2) is 8.11. The molecule has 0 aliphatic carbocycles. The Morgan fingerprint density at radius 2 is 2.08 bits per heavy atom. The highest BCUT2D eigenvalue weighted by Crippen LogP contribution is 2.29. The quantitative estimate of drug-likeness (QED) is 0.399. The fourth-order valence-electron chi connectivity index (χ4n) is 2.97. The number of benzene rings is 2. The van der Waals surface area contributed by atoms with Gasteiger partial charge in [-0.3, -0.25) is 0 Å². The van der Waals surface area contributed by atoms with Crippen molar-refractivity contribution in [1.82, 2.24) is 4.57 Å². The lowest BCUT2D eigenvalue weighted by molar-refractivity contribution is 0.415. The first kappa shape index (κ1) is 18.1. The molecule has 2 aromatic carbocycles. The molecule has 3 rings (SSSR count). The fraction of sp³-hybridized carbons (Fsp3) is 0.238. The molecule has 0 fully saturated rings. The van der Waals surface area contributed by atoms with E-state index in [1.54, 1.807) is 18.9 Å². The Hall–Kier alpha value is -2.71. The fourth-order valence-corrected chi connectivity index (χ4v) is 3.40. The molecular formula is C21H23N3OS. The molecule has 0 unspecified atom stereocenters. The van der Waals surface area contributed by atoms with Crippen LogP contribution in [0.3, 0.4) is 0 Å². The Kier molecular flexibility index (Phi) is 5.65. The molecule has 0 spiro atoms. The molecule has 3 aromatic rings. The predicted molar refractivity (Wildman–Crippen MR) is 112 cm³/mol. The van der Waals surface area contributed by atoms with E-state index in [2.05, 4.69) is 46.8 Å². The van der Waals surface area contributed by atoms with Crippen LogP contribution in [0.5, 0.6) is 5.75 Å². The summed E-state index contributed by atoms with van der Waals surface area (Å²) < 4.78 is 7.64. The molecule has 0 aliphatic heterocycles. The molecule has 26 heavy (non-hydrogen) atoms. The van der Waals surface area contributed by atoms with Gasteiger partial charge in [0.15, 0.2) is 0 Å². The number of ether oxygens (including phenoxy) is 1. The molecule has 0 saturated carbocycles. The number of nitrogens with zero attached hydrogens (tertiary/aromatic N) is 1. The summed E-state index contributed by atoms with van der Waals surface area (Å²) in [5.74, 6) is 7.29. The number of hydrogen-bond acceptors (Lipinski definition) is 4. The summed E-state index contributed by atoms with van der Waals surface area (Å²) in [7, 11) is 1.68. The van der Waals surface area contributed by atoms with Crippen molar-refractivity contribution in [2.24, 2.45) is 0 Å². The van der Waals surface area contributed by atoms with E-state index in [1.165, 1.54) is 4.90 Å². The van der Waals surface area contributed by atoms with Crippen LogP contribution >= 0.6 is 11.8 Å². The van der Waals surface area contributed by atoms with Crippen LogP contribution in [0, 0.1) is 11.8 Å². The molecule has 0 bridgehead atoms. The lowest BCUT2D eigenvalue weighted by Gasteiger charge is -2.10. The second-order valence-corrected chi connectivity index (χ2v) is 6.66. The number of rotatable bonds is 5. The molecule has 1 aromatic heterocycles. The van der Waals surface area contributed by atoms with E-state index in [9.17, 15) is 0 Å². The van der Waals surface area contributed by atoms with Crippen molar-refractivity contribution in [1.29, 1.82) is 0 Å². The molecule has 0 aliphatic rings. The van der Waals surface area contributed by atoms with Gasteiger partial charge in [-0.1, -0.05) is 12.0 Å². The minimum absolute atomic E-state index is 0.537. The number of aryl methyl sites for hydroxylation is 1. The first-order chi connectivity index (χ1) is 12.7. The molecule has 0 saturated heterocycles. The standard InChI is InChI=1S/C21H23N3OS/c1-4-24-15(13-17-18(22)8-5-9-20(17)24)7-6-12-23-19-11-10-16(26-3)14-21(19)25-2/h5,8-11,13-14,23H,4,12,22H2,1-3H3. The third kappa shape index (κ3) is 3.61. The van der Waals surface area contributed by atoms with Crippen molar-refractivity contribution < 1.29 is 4.74 Å². The van der Waals surface area contributed by atoms with Gasteiger partial charge in [0.1, 0.15) is 5.75 Å². The van der Waals surface area contributed by atoms with Crippen LogP contribution in [0.1, 0.15) is 12.6 Å². The first-order valence-corrected chi connectivity index (χ1v) is 9.73. The van der Waals surface area contributed by atoms with Gasteiger partial charge in [0.05, 0.1) is 30.6 Å². The molecule has 3 N–H and O–H groups in total. The van der Waals surface area contributed by atoms with E-state index in [0.29, 0.717) is 6.54 Å². The molecule has 4 nitrogen and oxygen atoms in total. The van der Waals surface area contributed by atoms with Crippen LogP contribution in [0.4, 0.5) is 11.4 Å². The number of fused-ring (bicyclic) bond motifs is 1. The maximum atomic E-state index is 6.09. The highest BCUT2D eigenvalue weighted by atomic mass is 32.2. The number of hydrogen-bond donors (Lipinski definition) is 2. The molecule has 5 heteroatoms. The maximum Gasteiger partial charge on any atom is 0.143 e. The Balaban J connectivity index is 1.79. The third-order valence-electron chi connectivity index (χ3n) is 4.29. The number of nitrogen functional groups attached to an aromatic ring is 1. The molecule has 134 valence electrons. The van der Waals surface area contributed by atoms with Crippen molar-refractivity contribution in [3.05, 3.63) is 48.2 Å². The number of aromatic nitrogens is 1. The highest BCUT2D eigenvalue weighted by Gasteiger charge is 2.07. The van der Waals surface area contributed by atoms with Crippen LogP contribution in [0.25, 0.3) is 10.9 Å². The van der Waals surface area contributed by atoms with E-state index in [4.69, 9.17) is 10.5 Å². The largest absolute Gasteiger partial charge is 0.495 e. The number of nitrogens with one attached hydrogen (secondary N) is 1. The minimum atomic E-state index is 0.537. The van der Waals surface area contributed by atoms with Crippen molar-refractivity contribution in [3.63, 3.8) is 0 Å². The van der Waals surface area contributed by atoms with Crippen molar-refractivity contribution in [2.45, 2.75) is 18.4 Å².